The Kier molecular flexibility index (Phi) is 7.71. The maximum Gasteiger partial charge on any atom is 0.346 e. The van der Waals surface area contributed by atoms with Gasteiger partial charge in [0.2, 0.25) is 0 Å². The molecule has 2 rings (SSSR count). The lowest BCUT2D eigenvalue weighted by Crippen LogP contribution is -2.00. The summed E-state index contributed by atoms with van der Waals surface area (Å²) in [6, 6.07) is 0. The molecular formula is C19H30O2S2. The zero-order valence-corrected chi connectivity index (χ0v) is 16.1. The second kappa shape index (κ2) is 9.53. The first-order chi connectivity index (χ1) is 11.2. The van der Waals surface area contributed by atoms with Crippen LogP contribution in [-0.2, 0) is 6.42 Å². The van der Waals surface area contributed by atoms with E-state index in [0.717, 1.165) is 12.8 Å². The van der Waals surface area contributed by atoms with Crippen LogP contribution in [0.25, 0.3) is 6.08 Å². The third kappa shape index (κ3) is 4.87. The van der Waals surface area contributed by atoms with Crippen molar-refractivity contribution >= 4 is 34.3 Å². The zero-order chi connectivity index (χ0) is 16.7. The summed E-state index contributed by atoms with van der Waals surface area (Å²) >= 11 is 1.50. The predicted octanol–water partition coefficient (Wildman–Crippen LogP) is 6.49. The van der Waals surface area contributed by atoms with E-state index in [1.165, 1.54) is 77.4 Å². The van der Waals surface area contributed by atoms with Gasteiger partial charge in [-0.15, -0.1) is 11.3 Å². The molecule has 130 valence electrons. The van der Waals surface area contributed by atoms with Gasteiger partial charge < -0.3 is 5.11 Å². The van der Waals surface area contributed by atoms with Crippen molar-refractivity contribution < 1.29 is 9.90 Å². The summed E-state index contributed by atoms with van der Waals surface area (Å²) in [6.45, 7) is 4.45. The Bertz CT molecular complexity index is 546. The van der Waals surface area contributed by atoms with E-state index in [4.69, 9.17) is 0 Å². The van der Waals surface area contributed by atoms with Crippen molar-refractivity contribution in [2.75, 3.05) is 5.75 Å². The number of aromatic carboxylic acids is 1. The van der Waals surface area contributed by atoms with Crippen LogP contribution in [0.2, 0.25) is 0 Å². The molecular weight excluding hydrogens is 324 g/mol. The Balaban J connectivity index is 2.08. The molecule has 1 N–H and O–H groups in total. The molecule has 1 aliphatic rings. The summed E-state index contributed by atoms with van der Waals surface area (Å²) < 4.78 is 0. The highest BCUT2D eigenvalue weighted by Gasteiger charge is 2.26. The summed E-state index contributed by atoms with van der Waals surface area (Å²) in [4.78, 5) is 14.9. The molecule has 2 nitrogen and oxygen atoms in total. The molecule has 1 unspecified atom stereocenters. The molecule has 0 saturated heterocycles. The third-order valence-electron chi connectivity index (χ3n) is 4.43. The number of unbranched alkanes of at least 4 members (excludes halogenated alkanes) is 6. The fourth-order valence-corrected chi connectivity index (χ4v) is 7.16. The molecule has 1 aliphatic heterocycles. The Morgan fingerprint density at radius 3 is 2.43 bits per heavy atom. The Labute approximate surface area is 147 Å². The van der Waals surface area contributed by atoms with Gasteiger partial charge in [-0.2, -0.15) is 0 Å². The fourth-order valence-electron chi connectivity index (χ4n) is 3.16. The maximum atomic E-state index is 11.6. The normalized spacial score (nSPS) is 17.6. The van der Waals surface area contributed by atoms with Crippen LogP contribution in [0.3, 0.4) is 0 Å². The molecule has 0 saturated carbocycles. The van der Waals surface area contributed by atoms with E-state index in [2.05, 4.69) is 25.3 Å². The van der Waals surface area contributed by atoms with E-state index in [-0.39, 0.29) is 10.9 Å². The SMILES string of the molecule is CCCCCCc1c(C(=O)O)sc2c1[SH](CCCCCC)C=C2. The van der Waals surface area contributed by atoms with Crippen molar-refractivity contribution in [3.8, 4) is 0 Å². The molecule has 1 aromatic heterocycles. The Hall–Kier alpha value is -0.740. The van der Waals surface area contributed by atoms with Gasteiger partial charge >= 0.3 is 5.97 Å². The lowest BCUT2D eigenvalue weighted by atomic mass is 10.1. The quantitative estimate of drug-likeness (QED) is 0.352. The van der Waals surface area contributed by atoms with Crippen molar-refractivity contribution in [2.24, 2.45) is 0 Å². The van der Waals surface area contributed by atoms with Gasteiger partial charge in [0.1, 0.15) is 4.88 Å². The summed E-state index contributed by atoms with van der Waals surface area (Å²) in [5, 5.41) is 11.9. The minimum Gasteiger partial charge on any atom is -0.477 e. The van der Waals surface area contributed by atoms with Crippen LogP contribution in [0.4, 0.5) is 0 Å². The number of thiol groups is 1. The van der Waals surface area contributed by atoms with Gasteiger partial charge in [0, 0.05) is 9.77 Å². The van der Waals surface area contributed by atoms with Crippen LogP contribution < -0.4 is 0 Å². The fraction of sp³-hybridized carbons (Fsp3) is 0.632. The summed E-state index contributed by atoms with van der Waals surface area (Å²) in [7, 11) is -0.260. The van der Waals surface area contributed by atoms with Gasteiger partial charge in [-0.05, 0) is 42.1 Å². The largest absolute Gasteiger partial charge is 0.477 e. The van der Waals surface area contributed by atoms with E-state index in [1.54, 1.807) is 0 Å². The van der Waals surface area contributed by atoms with E-state index in [9.17, 15) is 9.90 Å². The van der Waals surface area contributed by atoms with Crippen molar-refractivity contribution in [1.82, 2.24) is 0 Å². The molecule has 0 fully saturated rings. The van der Waals surface area contributed by atoms with Crippen molar-refractivity contribution in [1.29, 1.82) is 0 Å². The number of carboxylic acids is 1. The Morgan fingerprint density at radius 2 is 1.78 bits per heavy atom. The average Bonchev–Trinajstić information content (AvgIpc) is 3.08. The highest BCUT2D eigenvalue weighted by atomic mass is 32.2. The predicted molar refractivity (Wildman–Crippen MR) is 104 cm³/mol. The Morgan fingerprint density at radius 1 is 1.09 bits per heavy atom. The molecule has 2 heterocycles. The number of rotatable bonds is 11. The topological polar surface area (TPSA) is 37.3 Å². The van der Waals surface area contributed by atoms with Crippen LogP contribution in [0, 0.1) is 0 Å². The van der Waals surface area contributed by atoms with Crippen LogP contribution >= 0.6 is 22.2 Å². The monoisotopic (exact) mass is 354 g/mol. The van der Waals surface area contributed by atoms with E-state index in [1.807, 2.05) is 0 Å². The number of hydrogen-bond acceptors (Lipinski definition) is 2. The number of thiophene rings is 1. The van der Waals surface area contributed by atoms with Crippen molar-refractivity contribution in [3.63, 3.8) is 0 Å². The van der Waals surface area contributed by atoms with Crippen LogP contribution in [-0.4, -0.2) is 16.8 Å². The molecule has 1 aromatic rings. The molecule has 23 heavy (non-hydrogen) atoms. The summed E-state index contributed by atoms with van der Waals surface area (Å²) in [5.74, 6) is 0.501. The first kappa shape index (κ1) is 18.6. The van der Waals surface area contributed by atoms with Crippen LogP contribution in [0.5, 0.6) is 0 Å². The van der Waals surface area contributed by atoms with Gasteiger partial charge in [0.25, 0.3) is 0 Å². The smallest absolute Gasteiger partial charge is 0.346 e. The van der Waals surface area contributed by atoms with Gasteiger partial charge in [0.05, 0.1) is 0 Å². The van der Waals surface area contributed by atoms with Gasteiger partial charge in [-0.1, -0.05) is 52.4 Å². The highest BCUT2D eigenvalue weighted by molar-refractivity contribution is 8.20. The molecule has 0 radical (unpaired) electrons. The molecule has 0 aromatic carbocycles. The van der Waals surface area contributed by atoms with E-state index >= 15 is 0 Å². The number of hydrogen-bond donors (Lipinski definition) is 2. The van der Waals surface area contributed by atoms with E-state index < -0.39 is 5.97 Å². The number of carbonyl (C=O) groups is 1. The first-order valence-corrected chi connectivity index (χ1v) is 11.4. The molecule has 0 amide bonds. The van der Waals surface area contributed by atoms with Gasteiger partial charge in [0.15, 0.2) is 0 Å². The lowest BCUT2D eigenvalue weighted by Gasteiger charge is -2.17. The summed E-state index contributed by atoms with van der Waals surface area (Å²) in [5.41, 5.74) is 1.17. The van der Waals surface area contributed by atoms with Crippen LogP contribution in [0.15, 0.2) is 10.3 Å². The number of carboxylic acid groups (broad SMARTS) is 1. The number of fused-ring (bicyclic) bond motifs is 1. The van der Waals surface area contributed by atoms with Gasteiger partial charge in [-0.3, -0.25) is 0 Å². The first-order valence-electron chi connectivity index (χ1n) is 9.02. The molecule has 0 spiro atoms. The van der Waals surface area contributed by atoms with E-state index in [0.29, 0.717) is 4.88 Å². The maximum absolute atomic E-state index is 11.6. The van der Waals surface area contributed by atoms with Crippen molar-refractivity contribution in [3.05, 3.63) is 20.7 Å². The molecule has 0 bridgehead atoms. The van der Waals surface area contributed by atoms with Gasteiger partial charge in [-0.25, -0.2) is 15.7 Å². The van der Waals surface area contributed by atoms with Crippen molar-refractivity contribution in [2.45, 2.75) is 76.5 Å². The second-order valence-electron chi connectivity index (χ2n) is 6.31. The molecule has 0 aliphatic carbocycles. The third-order valence-corrected chi connectivity index (χ3v) is 8.15. The minimum atomic E-state index is -0.732. The highest BCUT2D eigenvalue weighted by Crippen LogP contribution is 2.53. The zero-order valence-electron chi connectivity index (χ0n) is 14.4. The second-order valence-corrected chi connectivity index (χ2v) is 9.49. The minimum absolute atomic E-state index is 0.260. The lowest BCUT2D eigenvalue weighted by molar-refractivity contribution is 0.0701. The molecule has 4 heteroatoms. The summed E-state index contributed by atoms with van der Waals surface area (Å²) in [6.07, 6.45) is 13.1. The average molecular weight is 355 g/mol. The standard InChI is InChI=1S/C19H30O2S2/c1-3-5-7-9-11-15-17(19(20)21)22-16-12-14-23(18(15)16)13-10-8-6-4-2/h12,14,23H,3-11,13H2,1-2H3,(H,20,21). The van der Waals surface area contributed by atoms with Crippen LogP contribution in [0.1, 0.15) is 85.3 Å². The molecule has 1 atom stereocenters.